The number of nitrogens with one attached hydrogen (secondary N) is 2. The number of amides is 2. The van der Waals surface area contributed by atoms with Gasteiger partial charge in [0, 0.05) is 0 Å². The first-order chi connectivity index (χ1) is 9.95. The highest BCUT2D eigenvalue weighted by molar-refractivity contribution is 5.86. The second kappa shape index (κ2) is 7.88. The molecule has 3 N–H and O–H groups in total. The van der Waals surface area contributed by atoms with E-state index in [9.17, 15) is 14.4 Å². The van der Waals surface area contributed by atoms with Gasteiger partial charge in [0.25, 0.3) is 0 Å². The number of ether oxygens (including phenoxy) is 1. The van der Waals surface area contributed by atoms with E-state index in [2.05, 4.69) is 10.6 Å². The molecule has 114 valence electrons. The van der Waals surface area contributed by atoms with Crippen molar-refractivity contribution < 1.29 is 24.2 Å². The molecule has 1 rings (SSSR count). The van der Waals surface area contributed by atoms with Crippen molar-refractivity contribution in [3.05, 3.63) is 35.9 Å². The number of carboxylic acid groups (broad SMARTS) is 1. The molecule has 0 aliphatic heterocycles. The van der Waals surface area contributed by atoms with Crippen LogP contribution >= 0.6 is 0 Å². The number of carbonyl (C=O) groups is 3. The third-order valence-electron chi connectivity index (χ3n) is 2.64. The summed E-state index contributed by atoms with van der Waals surface area (Å²) in [6.07, 6.45) is 0. The molecule has 2 amide bonds. The Kier molecular flexibility index (Phi) is 6.19. The van der Waals surface area contributed by atoms with Gasteiger partial charge in [-0.05, 0) is 19.4 Å². The van der Waals surface area contributed by atoms with Crippen LogP contribution in [0.3, 0.4) is 0 Å². The molecule has 1 aromatic carbocycles. The zero-order chi connectivity index (χ0) is 15.8. The van der Waals surface area contributed by atoms with E-state index in [1.54, 1.807) is 37.3 Å². The van der Waals surface area contributed by atoms with E-state index in [1.807, 2.05) is 0 Å². The van der Waals surface area contributed by atoms with Crippen LogP contribution in [0.5, 0.6) is 0 Å². The van der Waals surface area contributed by atoms with Crippen LogP contribution in [0.4, 0.5) is 4.79 Å². The molecule has 0 aliphatic carbocycles. The molecule has 21 heavy (non-hydrogen) atoms. The van der Waals surface area contributed by atoms with Gasteiger partial charge in [-0.1, -0.05) is 30.3 Å². The lowest BCUT2D eigenvalue weighted by Crippen LogP contribution is -2.47. The Labute approximate surface area is 122 Å². The molecule has 7 heteroatoms. The number of hydrogen-bond donors (Lipinski definition) is 3. The molecular formula is C14H18N2O5. The van der Waals surface area contributed by atoms with Crippen LogP contribution in [0.15, 0.2) is 30.3 Å². The molecule has 0 fully saturated rings. The van der Waals surface area contributed by atoms with Gasteiger partial charge in [-0.25, -0.2) is 14.4 Å². The van der Waals surface area contributed by atoms with Crippen molar-refractivity contribution in [2.24, 2.45) is 0 Å². The van der Waals surface area contributed by atoms with E-state index in [0.717, 1.165) is 0 Å². The van der Waals surface area contributed by atoms with Crippen molar-refractivity contribution in [1.29, 1.82) is 0 Å². The van der Waals surface area contributed by atoms with E-state index < -0.39 is 30.1 Å². The SMILES string of the molecule is CCOC(=O)C(C)NC(=O)NC(C(=O)O)c1ccccc1. The van der Waals surface area contributed by atoms with Crippen molar-refractivity contribution in [2.45, 2.75) is 25.9 Å². The van der Waals surface area contributed by atoms with Crippen molar-refractivity contribution in [3.8, 4) is 0 Å². The standard InChI is InChI=1S/C14H18N2O5/c1-3-21-13(19)9(2)15-14(20)16-11(12(17)18)10-7-5-4-6-8-10/h4-9,11H,3H2,1-2H3,(H,17,18)(H2,15,16,20). The lowest BCUT2D eigenvalue weighted by Gasteiger charge is -2.17. The Hall–Kier alpha value is -2.57. The number of benzene rings is 1. The first kappa shape index (κ1) is 16.5. The first-order valence-electron chi connectivity index (χ1n) is 6.47. The summed E-state index contributed by atoms with van der Waals surface area (Å²) in [7, 11) is 0. The van der Waals surface area contributed by atoms with Crippen LogP contribution in [0, 0.1) is 0 Å². The summed E-state index contributed by atoms with van der Waals surface area (Å²) in [5.74, 6) is -1.78. The lowest BCUT2D eigenvalue weighted by molar-refractivity contribution is -0.144. The van der Waals surface area contributed by atoms with Gasteiger partial charge in [-0.2, -0.15) is 0 Å². The summed E-state index contributed by atoms with van der Waals surface area (Å²) >= 11 is 0. The van der Waals surface area contributed by atoms with E-state index in [1.165, 1.54) is 6.92 Å². The summed E-state index contributed by atoms with van der Waals surface area (Å²) in [6.45, 7) is 3.31. The number of carbonyl (C=O) groups excluding carboxylic acids is 2. The minimum absolute atomic E-state index is 0.203. The third kappa shape index (κ3) is 5.13. The van der Waals surface area contributed by atoms with E-state index >= 15 is 0 Å². The Bertz CT molecular complexity index is 503. The van der Waals surface area contributed by atoms with Gasteiger partial charge in [0.15, 0.2) is 6.04 Å². The van der Waals surface area contributed by atoms with Crippen molar-refractivity contribution in [1.82, 2.24) is 10.6 Å². The lowest BCUT2D eigenvalue weighted by atomic mass is 10.1. The van der Waals surface area contributed by atoms with E-state index in [-0.39, 0.29) is 6.61 Å². The molecule has 7 nitrogen and oxygen atoms in total. The van der Waals surface area contributed by atoms with Gasteiger partial charge < -0.3 is 20.5 Å². The minimum atomic E-state index is -1.19. The van der Waals surface area contributed by atoms with Gasteiger partial charge in [0.1, 0.15) is 6.04 Å². The molecule has 0 heterocycles. The van der Waals surface area contributed by atoms with Gasteiger partial charge in [0.05, 0.1) is 6.61 Å². The van der Waals surface area contributed by atoms with Gasteiger partial charge in [-0.3, -0.25) is 0 Å². The van der Waals surface area contributed by atoms with Crippen molar-refractivity contribution in [3.63, 3.8) is 0 Å². The molecule has 0 spiro atoms. The number of aliphatic carboxylic acids is 1. The summed E-state index contributed by atoms with van der Waals surface area (Å²) in [5, 5.41) is 13.8. The fourth-order valence-corrected chi connectivity index (χ4v) is 1.63. The molecule has 1 aromatic rings. The largest absolute Gasteiger partial charge is 0.479 e. The highest BCUT2D eigenvalue weighted by atomic mass is 16.5. The molecule has 0 radical (unpaired) electrons. The van der Waals surface area contributed by atoms with Gasteiger partial charge in [-0.15, -0.1) is 0 Å². The number of hydrogen-bond acceptors (Lipinski definition) is 4. The number of urea groups is 1. The summed E-state index contributed by atoms with van der Waals surface area (Å²) in [5.41, 5.74) is 0.434. The fourth-order valence-electron chi connectivity index (χ4n) is 1.63. The maximum absolute atomic E-state index is 11.8. The Morgan fingerprint density at radius 1 is 1.19 bits per heavy atom. The topological polar surface area (TPSA) is 105 Å². The third-order valence-corrected chi connectivity index (χ3v) is 2.64. The second-order valence-corrected chi connectivity index (χ2v) is 4.27. The van der Waals surface area contributed by atoms with Crippen LogP contribution < -0.4 is 10.6 Å². The maximum Gasteiger partial charge on any atom is 0.330 e. The van der Waals surface area contributed by atoms with Crippen LogP contribution in [0.1, 0.15) is 25.5 Å². The molecule has 0 bridgehead atoms. The van der Waals surface area contributed by atoms with Crippen LogP contribution in [-0.2, 0) is 14.3 Å². The second-order valence-electron chi connectivity index (χ2n) is 4.27. The quantitative estimate of drug-likeness (QED) is 0.680. The van der Waals surface area contributed by atoms with Gasteiger partial charge in [0.2, 0.25) is 0 Å². The molecular weight excluding hydrogens is 276 g/mol. The van der Waals surface area contributed by atoms with Gasteiger partial charge >= 0.3 is 18.0 Å². The molecule has 0 saturated heterocycles. The molecule has 2 atom stereocenters. The monoisotopic (exact) mass is 294 g/mol. The van der Waals surface area contributed by atoms with Crippen LogP contribution in [0.2, 0.25) is 0 Å². The van der Waals surface area contributed by atoms with E-state index in [4.69, 9.17) is 9.84 Å². The highest BCUT2D eigenvalue weighted by Gasteiger charge is 2.24. The average molecular weight is 294 g/mol. The molecule has 0 saturated carbocycles. The number of carboxylic acids is 1. The predicted molar refractivity (Wildman–Crippen MR) is 74.6 cm³/mol. The number of rotatable bonds is 6. The van der Waals surface area contributed by atoms with Crippen LogP contribution in [-0.4, -0.2) is 35.7 Å². The zero-order valence-corrected chi connectivity index (χ0v) is 11.8. The molecule has 0 aliphatic rings. The predicted octanol–water partition coefficient (Wildman–Crippen LogP) is 1.06. The van der Waals surface area contributed by atoms with Crippen LogP contribution in [0.25, 0.3) is 0 Å². The maximum atomic E-state index is 11.8. The highest BCUT2D eigenvalue weighted by Crippen LogP contribution is 2.12. The Morgan fingerprint density at radius 3 is 2.33 bits per heavy atom. The average Bonchev–Trinajstić information content (AvgIpc) is 2.45. The smallest absolute Gasteiger partial charge is 0.330 e. The first-order valence-corrected chi connectivity index (χ1v) is 6.47. The Balaban J connectivity index is 2.66. The zero-order valence-electron chi connectivity index (χ0n) is 11.8. The normalized spacial score (nSPS) is 12.9. The minimum Gasteiger partial charge on any atom is -0.479 e. The summed E-state index contributed by atoms with van der Waals surface area (Å²) < 4.78 is 4.74. The van der Waals surface area contributed by atoms with Crippen molar-refractivity contribution in [2.75, 3.05) is 6.61 Å². The number of esters is 1. The Morgan fingerprint density at radius 2 is 1.81 bits per heavy atom. The summed E-state index contributed by atoms with van der Waals surface area (Å²) in [4.78, 5) is 34.4. The molecule has 0 aromatic heterocycles. The molecule has 2 unspecified atom stereocenters. The summed E-state index contributed by atoms with van der Waals surface area (Å²) in [6, 6.07) is 5.45. The van der Waals surface area contributed by atoms with Crippen molar-refractivity contribution >= 4 is 18.0 Å². The fraction of sp³-hybridized carbons (Fsp3) is 0.357. The van der Waals surface area contributed by atoms with E-state index in [0.29, 0.717) is 5.56 Å².